The van der Waals surface area contributed by atoms with Crippen LogP contribution in [-0.4, -0.2) is 54.6 Å². The first-order valence-corrected chi connectivity index (χ1v) is 9.49. The Labute approximate surface area is 158 Å². The summed E-state index contributed by atoms with van der Waals surface area (Å²) >= 11 is 6.27. The maximum atomic E-state index is 11.4. The highest BCUT2D eigenvalue weighted by Gasteiger charge is 2.47. The highest BCUT2D eigenvalue weighted by atomic mass is 35.5. The van der Waals surface area contributed by atoms with E-state index in [-0.39, 0.29) is 16.5 Å². The van der Waals surface area contributed by atoms with Crippen LogP contribution in [0.4, 0.5) is 0 Å². The fourth-order valence-corrected chi connectivity index (χ4v) is 4.36. The van der Waals surface area contributed by atoms with Gasteiger partial charge in [-0.05, 0) is 38.9 Å². The Morgan fingerprint density at radius 3 is 2.54 bits per heavy atom. The van der Waals surface area contributed by atoms with Gasteiger partial charge >= 0.3 is 5.97 Å². The van der Waals surface area contributed by atoms with E-state index in [0.29, 0.717) is 23.0 Å². The van der Waals surface area contributed by atoms with Crippen LogP contribution in [0.25, 0.3) is 0 Å². The summed E-state index contributed by atoms with van der Waals surface area (Å²) in [7, 11) is 0. The molecule has 0 aliphatic carbocycles. The van der Waals surface area contributed by atoms with Crippen LogP contribution in [-0.2, 0) is 4.74 Å². The zero-order valence-electron chi connectivity index (χ0n) is 15.1. The minimum atomic E-state index is -1.02. The minimum absolute atomic E-state index is 0.152. The first-order chi connectivity index (χ1) is 12.4. The molecule has 3 aliphatic heterocycles. The van der Waals surface area contributed by atoms with E-state index in [1.807, 2.05) is 6.92 Å². The van der Waals surface area contributed by atoms with Gasteiger partial charge in [0.1, 0.15) is 0 Å². The lowest BCUT2D eigenvalue weighted by Crippen LogP contribution is -2.50. The molecule has 2 fully saturated rings. The lowest BCUT2D eigenvalue weighted by Gasteiger charge is -2.40. The summed E-state index contributed by atoms with van der Waals surface area (Å²) < 4.78 is 17.6. The molecule has 3 aliphatic rings. The molecule has 2 saturated heterocycles. The fraction of sp³-hybridized carbons (Fsp3) is 0.632. The van der Waals surface area contributed by atoms with Gasteiger partial charge in [-0.25, -0.2) is 4.79 Å². The number of halogens is 1. The van der Waals surface area contributed by atoms with Gasteiger partial charge < -0.3 is 24.2 Å². The number of carboxylic acids is 1. The maximum Gasteiger partial charge on any atom is 0.336 e. The van der Waals surface area contributed by atoms with E-state index in [4.69, 9.17) is 25.8 Å². The summed E-state index contributed by atoms with van der Waals surface area (Å²) in [5.41, 5.74) is 0.710. The molecule has 0 saturated carbocycles. The predicted octanol–water partition coefficient (Wildman–Crippen LogP) is 3.19. The Morgan fingerprint density at radius 1 is 1.31 bits per heavy atom. The zero-order valence-corrected chi connectivity index (χ0v) is 15.8. The van der Waals surface area contributed by atoms with E-state index in [1.54, 1.807) is 6.92 Å². The average Bonchev–Trinajstić information content (AvgIpc) is 2.94. The number of hydrogen-bond acceptors (Lipinski definition) is 5. The van der Waals surface area contributed by atoms with Crippen molar-refractivity contribution in [3.05, 3.63) is 22.2 Å². The predicted molar refractivity (Wildman–Crippen MR) is 96.3 cm³/mol. The molecule has 1 aromatic rings. The third kappa shape index (κ3) is 3.04. The van der Waals surface area contributed by atoms with Gasteiger partial charge in [-0.1, -0.05) is 11.6 Å². The van der Waals surface area contributed by atoms with Gasteiger partial charge in [-0.3, -0.25) is 0 Å². The molecule has 0 spiro atoms. The molecule has 3 heterocycles. The number of aromatic carboxylic acids is 1. The van der Waals surface area contributed by atoms with Gasteiger partial charge in [-0.2, -0.15) is 0 Å². The van der Waals surface area contributed by atoms with Crippen LogP contribution in [0.5, 0.6) is 11.5 Å². The number of carboxylic acid groups (broad SMARTS) is 1. The molecular weight excluding hydrogens is 358 g/mol. The van der Waals surface area contributed by atoms with Crippen molar-refractivity contribution in [3.8, 4) is 11.5 Å². The summed E-state index contributed by atoms with van der Waals surface area (Å²) in [6.07, 6.45) is 1.95. The van der Waals surface area contributed by atoms with Crippen molar-refractivity contribution in [2.45, 2.75) is 32.5 Å². The second-order valence-electron chi connectivity index (χ2n) is 7.69. The smallest absolute Gasteiger partial charge is 0.336 e. The summed E-state index contributed by atoms with van der Waals surface area (Å²) in [5, 5.41) is 9.64. The van der Waals surface area contributed by atoms with Crippen molar-refractivity contribution in [2.24, 2.45) is 11.8 Å². The number of rotatable bonds is 4. The highest BCUT2D eigenvalue weighted by Crippen LogP contribution is 2.51. The fourth-order valence-electron chi connectivity index (χ4n) is 4.13. The lowest BCUT2D eigenvalue weighted by atomic mass is 9.88. The molecule has 1 atom stereocenters. The van der Waals surface area contributed by atoms with Crippen LogP contribution in [0.3, 0.4) is 0 Å². The SMILES string of the molecule is Cc1c(C(=O)O)cc(Cl)c2c1OC(C)(C1CCN(CC3COC3)CC1)O2. The number of ether oxygens (including phenoxy) is 3. The largest absolute Gasteiger partial charge is 0.478 e. The number of fused-ring (bicyclic) bond motifs is 1. The average molecular weight is 382 g/mol. The van der Waals surface area contributed by atoms with Crippen molar-refractivity contribution in [1.82, 2.24) is 4.90 Å². The second-order valence-corrected chi connectivity index (χ2v) is 8.10. The van der Waals surface area contributed by atoms with Crippen molar-refractivity contribution in [3.63, 3.8) is 0 Å². The van der Waals surface area contributed by atoms with Gasteiger partial charge in [0, 0.05) is 30.9 Å². The Bertz CT molecular complexity index is 727. The Kier molecular flexibility index (Phi) is 4.53. The molecule has 7 heteroatoms. The second kappa shape index (κ2) is 6.59. The number of likely N-dealkylation sites (tertiary alicyclic amines) is 1. The summed E-state index contributed by atoms with van der Waals surface area (Å²) in [4.78, 5) is 13.9. The van der Waals surface area contributed by atoms with Crippen LogP contribution in [0.1, 0.15) is 35.7 Å². The molecule has 1 unspecified atom stereocenters. The third-order valence-electron chi connectivity index (χ3n) is 5.83. The topological polar surface area (TPSA) is 68.2 Å². The standard InChI is InChI=1S/C19H24ClNO5/c1-11-14(18(22)23)7-15(20)17-16(11)25-19(2,26-17)13-3-5-21(6-4-13)8-12-9-24-10-12/h7,12-13H,3-6,8-10H2,1-2H3,(H,22,23). The van der Waals surface area contributed by atoms with Gasteiger partial charge in [0.15, 0.2) is 11.5 Å². The number of piperidine rings is 1. The Morgan fingerprint density at radius 2 is 1.96 bits per heavy atom. The van der Waals surface area contributed by atoms with Gasteiger partial charge in [0.2, 0.25) is 0 Å². The van der Waals surface area contributed by atoms with E-state index >= 15 is 0 Å². The monoisotopic (exact) mass is 381 g/mol. The van der Waals surface area contributed by atoms with Crippen LogP contribution in [0, 0.1) is 18.8 Å². The van der Waals surface area contributed by atoms with E-state index in [2.05, 4.69) is 4.90 Å². The van der Waals surface area contributed by atoms with E-state index in [0.717, 1.165) is 45.7 Å². The van der Waals surface area contributed by atoms with E-state index in [9.17, 15) is 9.90 Å². The molecule has 0 amide bonds. The Balaban J connectivity index is 1.47. The van der Waals surface area contributed by atoms with E-state index in [1.165, 1.54) is 6.07 Å². The van der Waals surface area contributed by atoms with Gasteiger partial charge in [0.05, 0.1) is 23.8 Å². The summed E-state index contributed by atoms with van der Waals surface area (Å²) in [5.74, 6) is 0.00291. The van der Waals surface area contributed by atoms with Crippen molar-refractivity contribution in [1.29, 1.82) is 0 Å². The third-order valence-corrected chi connectivity index (χ3v) is 6.11. The molecule has 0 bridgehead atoms. The van der Waals surface area contributed by atoms with Crippen LogP contribution in [0.2, 0.25) is 5.02 Å². The highest BCUT2D eigenvalue weighted by molar-refractivity contribution is 6.32. The first-order valence-electron chi connectivity index (χ1n) is 9.12. The number of hydrogen-bond donors (Lipinski definition) is 1. The van der Waals surface area contributed by atoms with Crippen molar-refractivity contribution >= 4 is 17.6 Å². The molecule has 1 N–H and O–H groups in total. The number of carbonyl (C=O) groups is 1. The lowest BCUT2D eigenvalue weighted by molar-refractivity contribution is -0.128. The quantitative estimate of drug-likeness (QED) is 0.863. The Hall–Kier alpha value is -1.50. The molecule has 0 aromatic heterocycles. The molecular formula is C19H24ClNO5. The summed E-state index contributed by atoms with van der Waals surface area (Å²) in [6.45, 7) is 8.53. The van der Waals surface area contributed by atoms with Crippen molar-refractivity contribution in [2.75, 3.05) is 32.8 Å². The molecule has 1 aromatic carbocycles. The summed E-state index contributed by atoms with van der Waals surface area (Å²) in [6, 6.07) is 1.44. The van der Waals surface area contributed by atoms with Crippen LogP contribution < -0.4 is 9.47 Å². The normalized spacial score (nSPS) is 26.7. The molecule has 6 nitrogen and oxygen atoms in total. The minimum Gasteiger partial charge on any atom is -0.478 e. The van der Waals surface area contributed by atoms with E-state index < -0.39 is 11.8 Å². The number of benzene rings is 1. The van der Waals surface area contributed by atoms with Crippen LogP contribution in [0.15, 0.2) is 6.07 Å². The first kappa shape index (κ1) is 17.9. The van der Waals surface area contributed by atoms with Gasteiger partial charge in [-0.15, -0.1) is 0 Å². The zero-order chi connectivity index (χ0) is 18.5. The van der Waals surface area contributed by atoms with Crippen LogP contribution >= 0.6 is 11.6 Å². The molecule has 142 valence electrons. The maximum absolute atomic E-state index is 11.4. The van der Waals surface area contributed by atoms with Gasteiger partial charge in [0.25, 0.3) is 5.79 Å². The molecule has 0 radical (unpaired) electrons. The molecule has 26 heavy (non-hydrogen) atoms. The van der Waals surface area contributed by atoms with Crippen molar-refractivity contribution < 1.29 is 24.1 Å². The molecule has 4 rings (SSSR count). The number of nitrogens with zero attached hydrogens (tertiary/aromatic N) is 1.